The molecule has 10 heteroatoms. The topological polar surface area (TPSA) is 24.9 Å². The van der Waals surface area contributed by atoms with Crippen LogP contribution < -0.4 is 9.47 Å². The number of hydrogen-bond donors (Lipinski definition) is 0. The highest BCUT2D eigenvalue weighted by Crippen LogP contribution is 2.28. The molecule has 248 valence electrons. The fraction of sp³-hybridized carbons (Fsp3) is 0.647. The zero-order chi connectivity index (χ0) is 32.8. The monoisotopic (exact) mass is 630 g/mol. The molecule has 0 saturated carbocycles. The molecule has 0 amide bonds. The standard InChI is InChI=1S/2C17H24F3NO/c2*1-16(2,3)13-4-6-14(7-5-13)22-15-8-10-21(12-15)11-9-17(18,19)20/h2*4-7,15H,8-12H2,1-3H3/t2*15-/m10/s1. The number of likely N-dealkylation sites (tertiary alicyclic amines) is 2. The van der Waals surface area contributed by atoms with Gasteiger partial charge >= 0.3 is 12.4 Å². The molecule has 2 saturated heterocycles. The van der Waals surface area contributed by atoms with Gasteiger partial charge in [-0.1, -0.05) is 65.8 Å². The van der Waals surface area contributed by atoms with Crippen LogP contribution in [0, 0.1) is 0 Å². The average molecular weight is 631 g/mol. The minimum absolute atomic E-state index is 0.0197. The summed E-state index contributed by atoms with van der Waals surface area (Å²) in [5.74, 6) is 1.58. The summed E-state index contributed by atoms with van der Waals surface area (Å²) in [6.07, 6.45) is -8.15. The molecule has 2 fully saturated rings. The van der Waals surface area contributed by atoms with Gasteiger partial charge in [0.05, 0.1) is 12.8 Å². The first-order valence-corrected chi connectivity index (χ1v) is 15.4. The van der Waals surface area contributed by atoms with Crippen LogP contribution in [-0.4, -0.2) is 73.6 Å². The third-order valence-electron chi connectivity index (χ3n) is 7.93. The minimum Gasteiger partial charge on any atom is -0.489 e. The van der Waals surface area contributed by atoms with E-state index in [0.29, 0.717) is 26.2 Å². The molecule has 4 rings (SSSR count). The van der Waals surface area contributed by atoms with Crippen molar-refractivity contribution in [2.45, 2.75) is 103 Å². The lowest BCUT2D eigenvalue weighted by Crippen LogP contribution is -2.28. The lowest BCUT2D eigenvalue weighted by Gasteiger charge is -2.20. The molecule has 0 unspecified atom stereocenters. The average Bonchev–Trinajstić information content (AvgIpc) is 3.55. The van der Waals surface area contributed by atoms with E-state index in [9.17, 15) is 26.3 Å². The van der Waals surface area contributed by atoms with Crippen molar-refractivity contribution < 1.29 is 35.8 Å². The maximum atomic E-state index is 12.2. The summed E-state index contributed by atoms with van der Waals surface area (Å²) in [5, 5.41) is 0. The molecule has 0 radical (unpaired) electrons. The van der Waals surface area contributed by atoms with Gasteiger partial charge in [-0.15, -0.1) is 0 Å². The van der Waals surface area contributed by atoms with Gasteiger partial charge in [-0.05, 0) is 59.1 Å². The Labute approximate surface area is 258 Å². The van der Waals surface area contributed by atoms with Crippen molar-refractivity contribution in [2.24, 2.45) is 0 Å². The molecule has 0 aliphatic carbocycles. The van der Waals surface area contributed by atoms with E-state index in [2.05, 4.69) is 41.5 Å². The van der Waals surface area contributed by atoms with Crippen molar-refractivity contribution in [3.05, 3.63) is 59.7 Å². The zero-order valence-electron chi connectivity index (χ0n) is 26.8. The van der Waals surface area contributed by atoms with E-state index in [-0.39, 0.29) is 36.1 Å². The van der Waals surface area contributed by atoms with Crippen molar-refractivity contribution in [3.63, 3.8) is 0 Å². The third-order valence-corrected chi connectivity index (χ3v) is 7.93. The molecule has 0 aromatic heterocycles. The SMILES string of the molecule is CC(C)(C)c1ccc(O[C@@H]2CCN(CCC(F)(F)F)C2)cc1.CC(C)(C)c1ccc(O[C@H]2CCN(CCC(F)(F)F)C2)cc1. The second-order valence-corrected chi connectivity index (χ2v) is 13.9. The second-order valence-electron chi connectivity index (χ2n) is 13.9. The number of halogens is 6. The van der Waals surface area contributed by atoms with E-state index in [1.54, 1.807) is 0 Å². The normalized spacial score (nSPS) is 20.4. The van der Waals surface area contributed by atoms with E-state index in [1.807, 2.05) is 58.3 Å². The largest absolute Gasteiger partial charge is 0.489 e. The highest BCUT2D eigenvalue weighted by molar-refractivity contribution is 5.32. The molecular formula is C34H48F6N2O2. The van der Waals surface area contributed by atoms with Crippen molar-refractivity contribution in [1.82, 2.24) is 9.80 Å². The van der Waals surface area contributed by atoms with Crippen LogP contribution in [0.2, 0.25) is 0 Å². The second kappa shape index (κ2) is 14.8. The van der Waals surface area contributed by atoms with Crippen LogP contribution >= 0.6 is 0 Å². The number of ether oxygens (including phenoxy) is 2. The van der Waals surface area contributed by atoms with Gasteiger partial charge in [0.15, 0.2) is 0 Å². The van der Waals surface area contributed by atoms with Gasteiger partial charge in [0.25, 0.3) is 0 Å². The fourth-order valence-electron chi connectivity index (χ4n) is 5.21. The van der Waals surface area contributed by atoms with E-state index in [0.717, 1.165) is 24.3 Å². The maximum Gasteiger partial charge on any atom is 0.390 e. The van der Waals surface area contributed by atoms with E-state index < -0.39 is 25.2 Å². The summed E-state index contributed by atoms with van der Waals surface area (Å²) >= 11 is 0. The molecule has 2 heterocycles. The summed E-state index contributed by atoms with van der Waals surface area (Å²) in [6.45, 7) is 15.5. The number of nitrogens with zero attached hydrogens (tertiary/aromatic N) is 2. The molecule has 0 spiro atoms. The van der Waals surface area contributed by atoms with Gasteiger partial charge in [-0.25, -0.2) is 0 Å². The van der Waals surface area contributed by atoms with E-state index in [4.69, 9.17) is 9.47 Å². The van der Waals surface area contributed by atoms with Crippen molar-refractivity contribution >= 4 is 0 Å². The van der Waals surface area contributed by atoms with Gasteiger partial charge in [0.1, 0.15) is 23.7 Å². The zero-order valence-corrected chi connectivity index (χ0v) is 26.8. The first kappa shape index (κ1) is 36.0. The van der Waals surface area contributed by atoms with Crippen LogP contribution in [0.3, 0.4) is 0 Å². The number of benzene rings is 2. The molecule has 0 N–H and O–H groups in total. The first-order valence-electron chi connectivity index (χ1n) is 15.4. The van der Waals surface area contributed by atoms with Gasteiger partial charge in [0, 0.05) is 39.3 Å². The Balaban J connectivity index is 0.000000240. The van der Waals surface area contributed by atoms with Crippen LogP contribution in [0.1, 0.15) is 78.4 Å². The summed E-state index contributed by atoms with van der Waals surface area (Å²) in [4.78, 5) is 3.64. The van der Waals surface area contributed by atoms with Gasteiger partial charge in [-0.2, -0.15) is 26.3 Å². The quantitative estimate of drug-likeness (QED) is 0.272. The van der Waals surface area contributed by atoms with Gasteiger partial charge < -0.3 is 9.47 Å². The summed E-state index contributed by atoms with van der Waals surface area (Å²) in [5.41, 5.74) is 2.66. The fourth-order valence-corrected chi connectivity index (χ4v) is 5.21. The van der Waals surface area contributed by atoms with Crippen molar-refractivity contribution in [2.75, 3.05) is 39.3 Å². The van der Waals surface area contributed by atoms with E-state index >= 15 is 0 Å². The summed E-state index contributed by atoms with van der Waals surface area (Å²) in [6, 6.07) is 16.0. The van der Waals surface area contributed by atoms with Gasteiger partial charge in [0.2, 0.25) is 0 Å². The Hall–Kier alpha value is -2.46. The molecular weight excluding hydrogens is 582 g/mol. The van der Waals surface area contributed by atoms with Crippen molar-refractivity contribution in [1.29, 1.82) is 0 Å². The lowest BCUT2D eigenvalue weighted by molar-refractivity contribution is -0.138. The number of rotatable bonds is 8. The maximum absolute atomic E-state index is 12.2. The Morgan fingerprint density at radius 2 is 0.886 bits per heavy atom. The molecule has 44 heavy (non-hydrogen) atoms. The minimum atomic E-state index is -4.08. The van der Waals surface area contributed by atoms with Crippen molar-refractivity contribution in [3.8, 4) is 11.5 Å². The molecule has 0 bridgehead atoms. The van der Waals surface area contributed by atoms with Gasteiger partial charge in [-0.3, -0.25) is 9.80 Å². The summed E-state index contributed by atoms with van der Waals surface area (Å²) < 4.78 is 85.1. The first-order chi connectivity index (χ1) is 20.3. The Bertz CT molecular complexity index is 1040. The number of alkyl halides is 6. The van der Waals surface area contributed by atoms with Crippen LogP contribution in [0.15, 0.2) is 48.5 Å². The molecule has 2 aliphatic heterocycles. The number of hydrogen-bond acceptors (Lipinski definition) is 4. The third kappa shape index (κ3) is 12.9. The van der Waals surface area contributed by atoms with E-state index in [1.165, 1.54) is 11.1 Å². The summed E-state index contributed by atoms with van der Waals surface area (Å²) in [7, 11) is 0. The Morgan fingerprint density at radius 1 is 0.568 bits per heavy atom. The smallest absolute Gasteiger partial charge is 0.390 e. The van der Waals surface area contributed by atoms with Crippen LogP contribution in [0.4, 0.5) is 26.3 Å². The highest BCUT2D eigenvalue weighted by Gasteiger charge is 2.32. The van der Waals surface area contributed by atoms with Crippen LogP contribution in [-0.2, 0) is 10.8 Å². The molecule has 2 aliphatic rings. The lowest BCUT2D eigenvalue weighted by atomic mass is 9.87. The van der Waals surface area contributed by atoms with Crippen LogP contribution in [0.25, 0.3) is 0 Å². The Morgan fingerprint density at radius 3 is 1.16 bits per heavy atom. The molecule has 2 atom stereocenters. The molecule has 2 aromatic rings. The Kier molecular flexibility index (Phi) is 12.1. The van der Waals surface area contributed by atoms with Crippen LogP contribution in [0.5, 0.6) is 11.5 Å². The predicted octanol–water partition coefficient (Wildman–Crippen LogP) is 8.78. The molecule has 4 nitrogen and oxygen atoms in total. The predicted molar refractivity (Wildman–Crippen MR) is 163 cm³/mol. The highest BCUT2D eigenvalue weighted by atomic mass is 19.4. The molecule has 2 aromatic carbocycles.